The number of hydrogen-bond acceptors (Lipinski definition) is 0. The molecule has 0 atom stereocenters. The third kappa shape index (κ3) is 6.39. The van der Waals surface area contributed by atoms with E-state index in [1.165, 1.54) is 44.9 Å². The van der Waals surface area contributed by atoms with Crippen molar-refractivity contribution in [3.8, 4) is 0 Å². The molecule has 1 aliphatic carbocycles. The van der Waals surface area contributed by atoms with E-state index in [1.54, 1.807) is 0 Å². The molecule has 0 N–H and O–H groups in total. The summed E-state index contributed by atoms with van der Waals surface area (Å²) in [5.41, 5.74) is 0. The summed E-state index contributed by atoms with van der Waals surface area (Å²) in [4.78, 5) is 0. The molecule has 0 aromatic heterocycles. The monoisotopic (exact) mass is 176 g/mol. The molecule has 0 nitrogen and oxygen atoms in total. The molecular formula is C13H20. The lowest BCUT2D eigenvalue weighted by Gasteiger charge is -1.94. The van der Waals surface area contributed by atoms with Crippen LogP contribution in [0, 0.1) is 0 Å². The van der Waals surface area contributed by atoms with Crippen LogP contribution >= 0.6 is 0 Å². The summed E-state index contributed by atoms with van der Waals surface area (Å²) < 4.78 is 0. The highest BCUT2D eigenvalue weighted by atomic mass is 13.9. The molecule has 0 saturated carbocycles. The van der Waals surface area contributed by atoms with Gasteiger partial charge in [0.15, 0.2) is 0 Å². The minimum Gasteiger partial charge on any atom is -0.0885 e. The molecule has 0 heteroatoms. The first-order valence-corrected chi connectivity index (χ1v) is 5.47. The minimum atomic E-state index is 1.18. The molecule has 1 rings (SSSR count). The zero-order valence-corrected chi connectivity index (χ0v) is 8.41. The predicted molar refractivity (Wildman–Crippen MR) is 59.7 cm³/mol. The van der Waals surface area contributed by atoms with Gasteiger partial charge in [-0.05, 0) is 38.5 Å². The van der Waals surface area contributed by atoms with E-state index in [-0.39, 0.29) is 0 Å². The van der Waals surface area contributed by atoms with Crippen LogP contribution in [0.25, 0.3) is 0 Å². The van der Waals surface area contributed by atoms with Crippen molar-refractivity contribution in [1.82, 2.24) is 0 Å². The molecule has 0 fully saturated rings. The van der Waals surface area contributed by atoms with Gasteiger partial charge in [0.25, 0.3) is 0 Å². The Hall–Kier alpha value is -0.780. The van der Waals surface area contributed by atoms with Crippen LogP contribution in [0.3, 0.4) is 0 Å². The minimum absolute atomic E-state index is 1.18. The van der Waals surface area contributed by atoms with E-state index in [2.05, 4.69) is 36.5 Å². The fourth-order valence-corrected chi connectivity index (χ4v) is 1.48. The Balaban J connectivity index is 2.28. The Kier molecular flexibility index (Phi) is 6.22. The van der Waals surface area contributed by atoms with Crippen molar-refractivity contribution in [3.63, 3.8) is 0 Å². The molecule has 13 heavy (non-hydrogen) atoms. The molecule has 0 aromatic carbocycles. The Morgan fingerprint density at radius 1 is 0.462 bits per heavy atom. The van der Waals surface area contributed by atoms with Gasteiger partial charge in [-0.25, -0.2) is 0 Å². The SMILES string of the molecule is C1=C\CC/C=C\CCCCC/C=C/1. The van der Waals surface area contributed by atoms with Gasteiger partial charge in [0, 0.05) is 0 Å². The average molecular weight is 176 g/mol. The van der Waals surface area contributed by atoms with E-state index in [4.69, 9.17) is 0 Å². The third-order valence-corrected chi connectivity index (χ3v) is 2.29. The predicted octanol–water partition coefficient (Wildman–Crippen LogP) is 4.40. The fourth-order valence-electron chi connectivity index (χ4n) is 1.48. The van der Waals surface area contributed by atoms with E-state index in [0.717, 1.165) is 0 Å². The molecule has 0 amide bonds. The van der Waals surface area contributed by atoms with Crippen molar-refractivity contribution < 1.29 is 0 Å². The maximum Gasteiger partial charge on any atom is -0.0313 e. The quantitative estimate of drug-likeness (QED) is 0.480. The number of allylic oxidation sites excluding steroid dienone is 6. The van der Waals surface area contributed by atoms with E-state index in [1.807, 2.05) is 0 Å². The molecule has 0 radical (unpaired) electrons. The van der Waals surface area contributed by atoms with E-state index >= 15 is 0 Å². The molecule has 0 saturated heterocycles. The van der Waals surface area contributed by atoms with Crippen molar-refractivity contribution in [1.29, 1.82) is 0 Å². The summed E-state index contributed by atoms with van der Waals surface area (Å²) >= 11 is 0. The summed E-state index contributed by atoms with van der Waals surface area (Å²) in [5, 5.41) is 0. The molecule has 0 aromatic rings. The van der Waals surface area contributed by atoms with Crippen LogP contribution in [0.1, 0.15) is 44.9 Å². The van der Waals surface area contributed by atoms with Gasteiger partial charge < -0.3 is 0 Å². The summed E-state index contributed by atoms with van der Waals surface area (Å²) in [6.07, 6.45) is 22.5. The lowest BCUT2D eigenvalue weighted by atomic mass is 10.1. The van der Waals surface area contributed by atoms with E-state index in [0.29, 0.717) is 0 Å². The van der Waals surface area contributed by atoms with Crippen LogP contribution in [0.5, 0.6) is 0 Å². The zero-order valence-electron chi connectivity index (χ0n) is 8.41. The average Bonchev–Trinajstić information content (AvgIpc) is 2.18. The standard InChI is InChI=1S/C13H20/c1-2-4-6-8-10-12-13-11-9-7-5-3-1/h1-4,9,11H,5-8,10,12-13H2/b3-1-,4-2+,11-9-. The first kappa shape index (κ1) is 10.3. The summed E-state index contributed by atoms with van der Waals surface area (Å²) in [6.45, 7) is 0. The molecule has 0 bridgehead atoms. The van der Waals surface area contributed by atoms with Crippen LogP contribution in [0.2, 0.25) is 0 Å². The van der Waals surface area contributed by atoms with Crippen molar-refractivity contribution in [2.45, 2.75) is 44.9 Å². The number of hydrogen-bond donors (Lipinski definition) is 0. The van der Waals surface area contributed by atoms with Gasteiger partial charge in [0.05, 0.1) is 0 Å². The maximum atomic E-state index is 2.33. The van der Waals surface area contributed by atoms with Gasteiger partial charge in [0.1, 0.15) is 0 Å². The van der Waals surface area contributed by atoms with Gasteiger partial charge in [-0.2, -0.15) is 0 Å². The Morgan fingerprint density at radius 2 is 1.00 bits per heavy atom. The largest absolute Gasteiger partial charge is 0.0885 e. The fraction of sp³-hybridized carbons (Fsp3) is 0.538. The topological polar surface area (TPSA) is 0 Å². The second-order valence-electron chi connectivity index (χ2n) is 3.54. The zero-order chi connectivity index (χ0) is 9.19. The summed E-state index contributed by atoms with van der Waals surface area (Å²) in [5.74, 6) is 0. The molecule has 0 spiro atoms. The van der Waals surface area contributed by atoms with Crippen molar-refractivity contribution in [2.75, 3.05) is 0 Å². The molecule has 0 aliphatic heterocycles. The highest BCUT2D eigenvalue weighted by molar-refractivity contribution is 5.03. The van der Waals surface area contributed by atoms with Gasteiger partial charge in [-0.3, -0.25) is 0 Å². The Bertz CT molecular complexity index is 184. The first-order valence-electron chi connectivity index (χ1n) is 5.47. The van der Waals surface area contributed by atoms with Crippen LogP contribution in [-0.4, -0.2) is 0 Å². The van der Waals surface area contributed by atoms with Gasteiger partial charge in [-0.1, -0.05) is 42.9 Å². The Labute approximate surface area is 82.0 Å². The third-order valence-electron chi connectivity index (χ3n) is 2.29. The van der Waals surface area contributed by atoms with Crippen molar-refractivity contribution >= 4 is 0 Å². The summed E-state index contributed by atoms with van der Waals surface area (Å²) in [7, 11) is 0. The molecule has 0 heterocycles. The highest BCUT2D eigenvalue weighted by Gasteiger charge is 1.86. The number of rotatable bonds is 0. The smallest absolute Gasteiger partial charge is 0.0313 e. The van der Waals surface area contributed by atoms with Gasteiger partial charge in [-0.15, -0.1) is 0 Å². The summed E-state index contributed by atoms with van der Waals surface area (Å²) in [6, 6.07) is 0. The second kappa shape index (κ2) is 7.85. The van der Waals surface area contributed by atoms with Crippen LogP contribution < -0.4 is 0 Å². The normalized spacial score (nSPS) is 27.7. The lowest BCUT2D eigenvalue weighted by molar-refractivity contribution is 0.695. The van der Waals surface area contributed by atoms with Crippen molar-refractivity contribution in [2.24, 2.45) is 0 Å². The molecule has 0 unspecified atom stereocenters. The van der Waals surface area contributed by atoms with Crippen molar-refractivity contribution in [3.05, 3.63) is 36.5 Å². The van der Waals surface area contributed by atoms with Crippen LogP contribution in [0.4, 0.5) is 0 Å². The van der Waals surface area contributed by atoms with Gasteiger partial charge in [0.2, 0.25) is 0 Å². The molecular weight excluding hydrogens is 156 g/mol. The lowest BCUT2D eigenvalue weighted by Crippen LogP contribution is -1.74. The maximum absolute atomic E-state index is 2.33. The molecule has 1 aliphatic rings. The van der Waals surface area contributed by atoms with Crippen LogP contribution in [-0.2, 0) is 0 Å². The van der Waals surface area contributed by atoms with Gasteiger partial charge >= 0.3 is 0 Å². The van der Waals surface area contributed by atoms with Crippen LogP contribution in [0.15, 0.2) is 36.5 Å². The Morgan fingerprint density at radius 3 is 1.85 bits per heavy atom. The molecule has 72 valence electrons. The highest BCUT2D eigenvalue weighted by Crippen LogP contribution is 2.06. The van der Waals surface area contributed by atoms with E-state index < -0.39 is 0 Å². The first-order chi connectivity index (χ1) is 6.50. The second-order valence-corrected chi connectivity index (χ2v) is 3.54. The van der Waals surface area contributed by atoms with E-state index in [9.17, 15) is 0 Å².